The lowest BCUT2D eigenvalue weighted by Gasteiger charge is -2.13. The highest BCUT2D eigenvalue weighted by molar-refractivity contribution is 7.99. The van der Waals surface area contributed by atoms with Crippen LogP contribution in [0, 0.1) is 0 Å². The fourth-order valence-corrected chi connectivity index (χ4v) is 6.23. The van der Waals surface area contributed by atoms with Gasteiger partial charge in [0.15, 0.2) is 5.16 Å². The molecule has 5 rings (SSSR count). The number of alkyl halides is 3. The number of anilines is 1. The van der Waals surface area contributed by atoms with Crippen molar-refractivity contribution in [3.8, 4) is 0 Å². The van der Waals surface area contributed by atoms with Gasteiger partial charge in [-0.2, -0.15) is 13.2 Å². The molecule has 0 fully saturated rings. The van der Waals surface area contributed by atoms with Gasteiger partial charge in [0.05, 0.1) is 29.5 Å². The number of rotatable bonds is 6. The van der Waals surface area contributed by atoms with Gasteiger partial charge in [-0.05, 0) is 61.6 Å². The predicted molar refractivity (Wildman–Crippen MR) is 129 cm³/mol. The maximum atomic E-state index is 13.5. The van der Waals surface area contributed by atoms with Crippen LogP contribution in [0.15, 0.2) is 57.0 Å². The van der Waals surface area contributed by atoms with Gasteiger partial charge >= 0.3 is 6.18 Å². The molecule has 0 bridgehead atoms. The molecule has 1 amide bonds. The molecular formula is C24H20F3N3O3S2. The zero-order chi connectivity index (χ0) is 24.6. The van der Waals surface area contributed by atoms with E-state index in [-0.39, 0.29) is 23.5 Å². The van der Waals surface area contributed by atoms with E-state index in [4.69, 9.17) is 9.40 Å². The zero-order valence-corrected chi connectivity index (χ0v) is 20.0. The summed E-state index contributed by atoms with van der Waals surface area (Å²) in [6, 6.07) is 7.95. The van der Waals surface area contributed by atoms with Gasteiger partial charge in [0.1, 0.15) is 10.6 Å². The molecule has 0 saturated carbocycles. The van der Waals surface area contributed by atoms with Crippen molar-refractivity contribution in [3.05, 3.63) is 74.8 Å². The summed E-state index contributed by atoms with van der Waals surface area (Å²) < 4.78 is 45.8. The highest BCUT2D eigenvalue weighted by Crippen LogP contribution is 2.35. The Kier molecular flexibility index (Phi) is 6.45. The number of benzene rings is 1. The van der Waals surface area contributed by atoms with Crippen LogP contribution in [-0.2, 0) is 30.4 Å². The van der Waals surface area contributed by atoms with Crippen LogP contribution in [0.4, 0.5) is 18.9 Å². The van der Waals surface area contributed by atoms with Crippen molar-refractivity contribution < 1.29 is 22.4 Å². The van der Waals surface area contributed by atoms with Crippen LogP contribution < -0.4 is 10.9 Å². The molecule has 0 unspecified atom stereocenters. The standard InChI is InChI=1S/C24H20F3N3O3S2/c25-24(26,27)14-5-3-6-15(11-14)28-19(31)13-34-23-29-21-20(17-8-1-2-9-18(17)35-21)22(32)30(23)12-16-7-4-10-33-16/h3-7,10-11H,1-2,8-9,12-13H2,(H,28,31). The fourth-order valence-electron chi connectivity index (χ4n) is 4.13. The number of hydrogen-bond donors (Lipinski definition) is 1. The molecule has 1 N–H and O–H groups in total. The quantitative estimate of drug-likeness (QED) is 0.260. The van der Waals surface area contributed by atoms with Crippen LogP contribution in [0.5, 0.6) is 0 Å². The molecule has 1 aliphatic carbocycles. The minimum atomic E-state index is -4.50. The highest BCUT2D eigenvalue weighted by Gasteiger charge is 2.30. The Hall–Kier alpha value is -3.05. The first kappa shape index (κ1) is 23.7. The molecule has 0 atom stereocenters. The van der Waals surface area contributed by atoms with Crippen LogP contribution in [-0.4, -0.2) is 21.2 Å². The van der Waals surface area contributed by atoms with Gasteiger partial charge < -0.3 is 9.73 Å². The van der Waals surface area contributed by atoms with Gasteiger partial charge in [0, 0.05) is 10.6 Å². The maximum absolute atomic E-state index is 13.5. The van der Waals surface area contributed by atoms with E-state index in [9.17, 15) is 22.8 Å². The van der Waals surface area contributed by atoms with E-state index in [1.165, 1.54) is 39.2 Å². The summed E-state index contributed by atoms with van der Waals surface area (Å²) in [5, 5.41) is 3.48. The van der Waals surface area contributed by atoms with Crippen LogP contribution in [0.25, 0.3) is 10.2 Å². The number of fused-ring (bicyclic) bond motifs is 3. The van der Waals surface area contributed by atoms with Gasteiger partial charge in [-0.1, -0.05) is 17.8 Å². The van der Waals surface area contributed by atoms with Gasteiger partial charge in [0.2, 0.25) is 5.91 Å². The molecule has 1 aliphatic rings. The topological polar surface area (TPSA) is 77.1 Å². The van der Waals surface area contributed by atoms with E-state index < -0.39 is 17.6 Å². The molecule has 4 aromatic rings. The molecule has 6 nitrogen and oxygen atoms in total. The van der Waals surface area contributed by atoms with Crippen LogP contribution >= 0.6 is 23.1 Å². The minimum absolute atomic E-state index is 0.0488. The first-order chi connectivity index (χ1) is 16.8. The Bertz CT molecular complexity index is 1440. The zero-order valence-electron chi connectivity index (χ0n) is 18.4. The summed E-state index contributed by atoms with van der Waals surface area (Å²) in [6.07, 6.45) is 0.903. The van der Waals surface area contributed by atoms with Crippen LogP contribution in [0.2, 0.25) is 0 Å². The molecule has 0 spiro atoms. The molecule has 35 heavy (non-hydrogen) atoms. The van der Waals surface area contributed by atoms with Gasteiger partial charge in [-0.25, -0.2) is 4.98 Å². The second-order valence-electron chi connectivity index (χ2n) is 8.17. The second kappa shape index (κ2) is 9.54. The molecular weight excluding hydrogens is 499 g/mol. The smallest absolute Gasteiger partial charge is 0.416 e. The number of aromatic nitrogens is 2. The number of nitrogens with zero attached hydrogens (tertiary/aromatic N) is 2. The summed E-state index contributed by atoms with van der Waals surface area (Å²) in [4.78, 5) is 32.6. The summed E-state index contributed by atoms with van der Waals surface area (Å²) in [7, 11) is 0. The number of thiophene rings is 1. The third-order valence-electron chi connectivity index (χ3n) is 5.74. The van der Waals surface area contributed by atoms with Crippen molar-refractivity contribution in [1.29, 1.82) is 0 Å². The average molecular weight is 520 g/mol. The van der Waals surface area contributed by atoms with Gasteiger partial charge in [0.25, 0.3) is 5.56 Å². The number of carbonyl (C=O) groups is 1. The lowest BCUT2D eigenvalue weighted by Crippen LogP contribution is -2.25. The van der Waals surface area contributed by atoms with Crippen molar-refractivity contribution in [2.24, 2.45) is 0 Å². The molecule has 1 aromatic carbocycles. The summed E-state index contributed by atoms with van der Waals surface area (Å²) in [5.74, 6) is -0.0523. The van der Waals surface area contributed by atoms with E-state index in [0.717, 1.165) is 55.1 Å². The first-order valence-corrected chi connectivity index (χ1v) is 12.8. The SMILES string of the molecule is O=C(CSc1nc2sc3c(c2c(=O)n1Cc1ccco1)CCCC3)Nc1cccc(C(F)(F)F)c1. The van der Waals surface area contributed by atoms with E-state index >= 15 is 0 Å². The Labute approximate surface area is 206 Å². The second-order valence-corrected chi connectivity index (χ2v) is 10.2. The number of carbonyl (C=O) groups excluding carboxylic acids is 1. The van der Waals surface area contributed by atoms with Crippen molar-refractivity contribution in [2.45, 2.75) is 43.6 Å². The summed E-state index contributed by atoms with van der Waals surface area (Å²) in [5.41, 5.74) is 0.101. The molecule has 0 aliphatic heterocycles. The van der Waals surface area contributed by atoms with Crippen LogP contribution in [0.3, 0.4) is 0 Å². The Morgan fingerprint density at radius 3 is 2.80 bits per heavy atom. The predicted octanol–water partition coefficient (Wildman–Crippen LogP) is 5.73. The molecule has 182 valence electrons. The molecule has 11 heteroatoms. The van der Waals surface area contributed by atoms with Crippen LogP contribution in [0.1, 0.15) is 34.6 Å². The number of halogens is 3. The van der Waals surface area contributed by atoms with E-state index in [0.29, 0.717) is 21.1 Å². The molecule has 3 heterocycles. The average Bonchev–Trinajstić information content (AvgIpc) is 3.47. The number of aryl methyl sites for hydroxylation is 2. The third-order valence-corrected chi connectivity index (χ3v) is 7.90. The summed E-state index contributed by atoms with van der Waals surface area (Å²) >= 11 is 2.58. The Morgan fingerprint density at radius 2 is 2.03 bits per heavy atom. The molecule has 0 radical (unpaired) electrons. The van der Waals surface area contributed by atoms with E-state index in [1.807, 2.05) is 0 Å². The Balaban J connectivity index is 1.42. The normalized spacial score (nSPS) is 13.7. The number of furan rings is 1. The number of nitrogens with one attached hydrogen (secondary N) is 1. The van der Waals surface area contributed by atoms with Crippen molar-refractivity contribution >= 4 is 44.9 Å². The third kappa shape index (κ3) is 5.01. The Morgan fingerprint density at radius 1 is 1.20 bits per heavy atom. The van der Waals surface area contributed by atoms with E-state index in [2.05, 4.69) is 5.32 Å². The lowest BCUT2D eigenvalue weighted by molar-refractivity contribution is -0.137. The van der Waals surface area contributed by atoms with Crippen molar-refractivity contribution in [2.75, 3.05) is 11.1 Å². The van der Waals surface area contributed by atoms with Gasteiger partial charge in [-0.3, -0.25) is 14.2 Å². The minimum Gasteiger partial charge on any atom is -0.467 e. The maximum Gasteiger partial charge on any atom is 0.416 e. The first-order valence-electron chi connectivity index (χ1n) is 11.0. The number of amides is 1. The summed E-state index contributed by atoms with van der Waals surface area (Å²) in [6.45, 7) is 0.164. The molecule has 0 saturated heterocycles. The number of hydrogen-bond acceptors (Lipinski definition) is 6. The molecule has 3 aromatic heterocycles. The number of thioether (sulfide) groups is 1. The van der Waals surface area contributed by atoms with Crippen molar-refractivity contribution in [3.63, 3.8) is 0 Å². The van der Waals surface area contributed by atoms with Gasteiger partial charge in [-0.15, -0.1) is 11.3 Å². The van der Waals surface area contributed by atoms with Crippen molar-refractivity contribution in [1.82, 2.24) is 9.55 Å². The highest BCUT2D eigenvalue weighted by atomic mass is 32.2. The largest absolute Gasteiger partial charge is 0.467 e. The fraction of sp³-hybridized carbons (Fsp3) is 0.292. The van der Waals surface area contributed by atoms with E-state index in [1.54, 1.807) is 12.1 Å². The lowest BCUT2D eigenvalue weighted by atomic mass is 9.97. The monoisotopic (exact) mass is 519 g/mol.